The molecule has 0 spiro atoms. The van der Waals surface area contributed by atoms with Gasteiger partial charge < -0.3 is 5.32 Å². The standard InChI is InChI=1S/C10H13NS2/c1-2-5-12-7-4-11-8-10-3-6-13-9-10/h1,3,6,9,11H,4-5,7-8H2. The summed E-state index contributed by atoms with van der Waals surface area (Å²) in [6.07, 6.45) is 5.13. The molecular weight excluding hydrogens is 198 g/mol. The van der Waals surface area contributed by atoms with Crippen LogP contribution in [0.5, 0.6) is 0 Å². The molecule has 1 rings (SSSR count). The number of hydrogen-bond donors (Lipinski definition) is 1. The van der Waals surface area contributed by atoms with Crippen LogP contribution in [0.3, 0.4) is 0 Å². The van der Waals surface area contributed by atoms with Gasteiger partial charge in [-0.15, -0.1) is 18.2 Å². The summed E-state index contributed by atoms with van der Waals surface area (Å²) in [5.41, 5.74) is 1.37. The maximum Gasteiger partial charge on any atom is 0.0545 e. The van der Waals surface area contributed by atoms with Crippen molar-refractivity contribution in [1.82, 2.24) is 5.32 Å². The molecule has 0 amide bonds. The van der Waals surface area contributed by atoms with Crippen molar-refractivity contribution in [1.29, 1.82) is 0 Å². The van der Waals surface area contributed by atoms with Crippen LogP contribution in [0.25, 0.3) is 0 Å². The van der Waals surface area contributed by atoms with Gasteiger partial charge in [0.05, 0.1) is 5.75 Å². The zero-order chi connectivity index (χ0) is 9.36. The Morgan fingerprint density at radius 3 is 3.23 bits per heavy atom. The molecular formula is C10H13NS2. The predicted octanol–water partition coefficient (Wildman–Crippen LogP) is 2.20. The van der Waals surface area contributed by atoms with E-state index in [0.717, 1.165) is 24.6 Å². The average molecular weight is 211 g/mol. The Bertz CT molecular complexity index is 248. The highest BCUT2D eigenvalue weighted by molar-refractivity contribution is 7.99. The minimum atomic E-state index is 0.820. The second-order valence-electron chi connectivity index (χ2n) is 2.57. The molecule has 1 aromatic heterocycles. The minimum Gasteiger partial charge on any atom is -0.312 e. The van der Waals surface area contributed by atoms with Crippen LogP contribution in [0.4, 0.5) is 0 Å². The number of rotatable bonds is 6. The molecule has 0 saturated heterocycles. The highest BCUT2D eigenvalue weighted by Crippen LogP contribution is 2.04. The molecule has 1 N–H and O–H groups in total. The number of thiophene rings is 1. The molecule has 1 aromatic rings. The summed E-state index contributed by atoms with van der Waals surface area (Å²) >= 11 is 3.53. The Kier molecular flexibility index (Phi) is 5.75. The number of hydrogen-bond acceptors (Lipinski definition) is 3. The first kappa shape index (κ1) is 10.6. The van der Waals surface area contributed by atoms with Gasteiger partial charge in [-0.3, -0.25) is 0 Å². The zero-order valence-corrected chi connectivity index (χ0v) is 9.09. The van der Waals surface area contributed by atoms with Gasteiger partial charge >= 0.3 is 0 Å². The minimum absolute atomic E-state index is 0.820. The van der Waals surface area contributed by atoms with E-state index < -0.39 is 0 Å². The van der Waals surface area contributed by atoms with Crippen molar-refractivity contribution < 1.29 is 0 Å². The third kappa shape index (κ3) is 4.99. The van der Waals surface area contributed by atoms with Gasteiger partial charge in [-0.25, -0.2) is 0 Å². The lowest BCUT2D eigenvalue weighted by Crippen LogP contribution is -2.16. The maximum atomic E-state index is 5.13. The van der Waals surface area contributed by atoms with Gasteiger partial charge in [-0.1, -0.05) is 5.92 Å². The lowest BCUT2D eigenvalue weighted by Gasteiger charge is -2.01. The fraction of sp³-hybridized carbons (Fsp3) is 0.400. The monoisotopic (exact) mass is 211 g/mol. The van der Waals surface area contributed by atoms with Crippen LogP contribution in [-0.4, -0.2) is 18.1 Å². The van der Waals surface area contributed by atoms with Crippen molar-refractivity contribution in [2.75, 3.05) is 18.1 Å². The van der Waals surface area contributed by atoms with Crippen molar-refractivity contribution >= 4 is 23.1 Å². The third-order valence-electron chi connectivity index (χ3n) is 1.52. The van der Waals surface area contributed by atoms with E-state index in [9.17, 15) is 0 Å². The fourth-order valence-electron chi connectivity index (χ4n) is 0.901. The molecule has 0 aliphatic rings. The third-order valence-corrected chi connectivity index (χ3v) is 3.11. The van der Waals surface area contributed by atoms with Crippen molar-refractivity contribution in [3.05, 3.63) is 22.4 Å². The quantitative estimate of drug-likeness (QED) is 0.572. The van der Waals surface area contributed by atoms with E-state index in [4.69, 9.17) is 6.42 Å². The van der Waals surface area contributed by atoms with E-state index in [-0.39, 0.29) is 0 Å². The molecule has 1 nitrogen and oxygen atoms in total. The number of terminal acetylenes is 1. The largest absolute Gasteiger partial charge is 0.312 e. The Morgan fingerprint density at radius 2 is 2.54 bits per heavy atom. The van der Waals surface area contributed by atoms with Crippen LogP contribution in [0, 0.1) is 12.3 Å². The van der Waals surface area contributed by atoms with Crippen molar-refractivity contribution in [2.24, 2.45) is 0 Å². The molecule has 0 saturated carbocycles. The Balaban J connectivity index is 1.94. The summed E-state index contributed by atoms with van der Waals surface area (Å²) < 4.78 is 0. The summed E-state index contributed by atoms with van der Waals surface area (Å²) in [7, 11) is 0. The molecule has 0 radical (unpaired) electrons. The summed E-state index contributed by atoms with van der Waals surface area (Å²) in [4.78, 5) is 0. The van der Waals surface area contributed by atoms with E-state index in [1.54, 1.807) is 23.1 Å². The molecule has 0 aliphatic heterocycles. The Labute approximate surface area is 87.9 Å². The predicted molar refractivity (Wildman–Crippen MR) is 62.2 cm³/mol. The van der Waals surface area contributed by atoms with Crippen LogP contribution in [0.2, 0.25) is 0 Å². The lowest BCUT2D eigenvalue weighted by atomic mass is 10.3. The molecule has 0 unspecified atom stereocenters. The van der Waals surface area contributed by atoms with Crippen LogP contribution in [-0.2, 0) is 6.54 Å². The van der Waals surface area contributed by atoms with Gasteiger partial charge in [0.2, 0.25) is 0 Å². The first-order valence-electron chi connectivity index (χ1n) is 4.16. The highest BCUT2D eigenvalue weighted by atomic mass is 32.2. The molecule has 0 atom stereocenters. The second kappa shape index (κ2) is 7.02. The van der Waals surface area contributed by atoms with Crippen LogP contribution < -0.4 is 5.32 Å². The van der Waals surface area contributed by atoms with E-state index >= 15 is 0 Å². The van der Waals surface area contributed by atoms with E-state index in [2.05, 4.69) is 28.1 Å². The molecule has 70 valence electrons. The lowest BCUT2D eigenvalue weighted by molar-refractivity contribution is 0.734. The van der Waals surface area contributed by atoms with Crippen LogP contribution in [0.15, 0.2) is 16.8 Å². The van der Waals surface area contributed by atoms with Crippen LogP contribution >= 0.6 is 23.1 Å². The zero-order valence-electron chi connectivity index (χ0n) is 7.45. The number of nitrogens with one attached hydrogen (secondary N) is 1. The Morgan fingerprint density at radius 1 is 1.62 bits per heavy atom. The van der Waals surface area contributed by atoms with Gasteiger partial charge in [0, 0.05) is 18.8 Å². The molecule has 3 heteroatoms. The summed E-state index contributed by atoms with van der Waals surface area (Å²) in [6, 6.07) is 2.15. The van der Waals surface area contributed by atoms with Gasteiger partial charge in [-0.05, 0) is 22.4 Å². The first-order chi connectivity index (χ1) is 6.43. The Hall–Kier alpha value is -0.430. The van der Waals surface area contributed by atoms with Gasteiger partial charge in [-0.2, -0.15) is 11.3 Å². The molecule has 0 bridgehead atoms. The van der Waals surface area contributed by atoms with Gasteiger partial charge in [0.15, 0.2) is 0 Å². The summed E-state index contributed by atoms with van der Waals surface area (Å²) in [5, 5.41) is 7.63. The molecule has 0 fully saturated rings. The molecule has 0 aliphatic carbocycles. The van der Waals surface area contributed by atoms with Crippen LogP contribution in [0.1, 0.15) is 5.56 Å². The van der Waals surface area contributed by atoms with E-state index in [0.29, 0.717) is 0 Å². The SMILES string of the molecule is C#CCSCCNCc1ccsc1. The maximum absolute atomic E-state index is 5.13. The summed E-state index contributed by atoms with van der Waals surface area (Å²) in [6.45, 7) is 2.00. The number of thioether (sulfide) groups is 1. The van der Waals surface area contributed by atoms with E-state index in [1.807, 2.05) is 0 Å². The van der Waals surface area contributed by atoms with Crippen molar-refractivity contribution in [3.63, 3.8) is 0 Å². The second-order valence-corrected chi connectivity index (χ2v) is 4.45. The average Bonchev–Trinajstić information content (AvgIpc) is 2.63. The molecule has 0 aromatic carbocycles. The normalized spacial score (nSPS) is 9.77. The molecule has 1 heterocycles. The molecule has 13 heavy (non-hydrogen) atoms. The van der Waals surface area contributed by atoms with E-state index in [1.165, 1.54) is 5.56 Å². The highest BCUT2D eigenvalue weighted by Gasteiger charge is 1.91. The smallest absolute Gasteiger partial charge is 0.0545 e. The first-order valence-corrected chi connectivity index (χ1v) is 6.26. The fourth-order valence-corrected chi connectivity index (χ4v) is 2.12. The van der Waals surface area contributed by atoms with Crippen molar-refractivity contribution in [3.8, 4) is 12.3 Å². The van der Waals surface area contributed by atoms with Crippen molar-refractivity contribution in [2.45, 2.75) is 6.54 Å². The van der Waals surface area contributed by atoms with Gasteiger partial charge in [0.1, 0.15) is 0 Å². The summed E-state index contributed by atoms with van der Waals surface area (Å²) in [5.74, 6) is 4.52. The topological polar surface area (TPSA) is 12.0 Å². The van der Waals surface area contributed by atoms with Gasteiger partial charge in [0.25, 0.3) is 0 Å².